The number of hydrogen-bond donors (Lipinski definition) is 1. The van der Waals surface area contributed by atoms with E-state index >= 15 is 0 Å². The number of aromatic nitrogens is 2. The van der Waals surface area contributed by atoms with E-state index in [0.29, 0.717) is 12.0 Å². The molecule has 1 N–H and O–H groups in total. The van der Waals surface area contributed by atoms with Gasteiger partial charge in [-0.2, -0.15) is 5.10 Å². The highest BCUT2D eigenvalue weighted by Gasteiger charge is 2.22. The highest BCUT2D eigenvalue weighted by molar-refractivity contribution is 5.07. The minimum Gasteiger partial charge on any atom is -0.308 e. The van der Waals surface area contributed by atoms with Crippen LogP contribution in [0.15, 0.2) is 12.3 Å². The second-order valence-corrected chi connectivity index (χ2v) is 5.16. The van der Waals surface area contributed by atoms with Gasteiger partial charge in [-0.1, -0.05) is 40.0 Å². The third-order valence-corrected chi connectivity index (χ3v) is 3.59. The number of rotatable bonds is 9. The summed E-state index contributed by atoms with van der Waals surface area (Å²) in [6, 6.07) is 2.57. The molecule has 3 nitrogen and oxygen atoms in total. The standard InChI is InChI=1S/C15H29N3/c1-5-8-9-13(7-3)15(16-11-6-2)14-10-12-18(4)17-14/h10,12-13,15-16H,5-9,11H2,1-4H3. The molecule has 18 heavy (non-hydrogen) atoms. The average molecular weight is 251 g/mol. The van der Waals surface area contributed by atoms with Crippen LogP contribution in [0.25, 0.3) is 0 Å². The van der Waals surface area contributed by atoms with Crippen molar-refractivity contribution in [3.8, 4) is 0 Å². The summed E-state index contributed by atoms with van der Waals surface area (Å²) in [4.78, 5) is 0. The summed E-state index contributed by atoms with van der Waals surface area (Å²) >= 11 is 0. The van der Waals surface area contributed by atoms with Crippen LogP contribution in [0, 0.1) is 5.92 Å². The van der Waals surface area contributed by atoms with Gasteiger partial charge >= 0.3 is 0 Å². The van der Waals surface area contributed by atoms with Gasteiger partial charge in [0.25, 0.3) is 0 Å². The van der Waals surface area contributed by atoms with Crippen LogP contribution < -0.4 is 5.32 Å². The lowest BCUT2D eigenvalue weighted by molar-refractivity contribution is 0.317. The van der Waals surface area contributed by atoms with E-state index in [1.165, 1.54) is 37.8 Å². The Morgan fingerprint density at radius 2 is 2.06 bits per heavy atom. The summed E-state index contributed by atoms with van der Waals surface area (Å²) in [6.45, 7) is 7.85. The SMILES string of the molecule is CCCCC(CC)C(NCCC)c1ccn(C)n1. The minimum atomic E-state index is 0.419. The van der Waals surface area contributed by atoms with Crippen molar-refractivity contribution in [3.63, 3.8) is 0 Å². The third-order valence-electron chi connectivity index (χ3n) is 3.59. The molecule has 2 atom stereocenters. The fourth-order valence-electron chi connectivity index (χ4n) is 2.48. The van der Waals surface area contributed by atoms with E-state index in [1.807, 2.05) is 17.9 Å². The van der Waals surface area contributed by atoms with Gasteiger partial charge in [0, 0.05) is 13.2 Å². The van der Waals surface area contributed by atoms with Crippen LogP contribution >= 0.6 is 0 Å². The molecular formula is C15H29N3. The van der Waals surface area contributed by atoms with Gasteiger partial charge in [-0.25, -0.2) is 0 Å². The first-order valence-electron chi connectivity index (χ1n) is 7.45. The van der Waals surface area contributed by atoms with Crippen LogP contribution in [0.3, 0.4) is 0 Å². The summed E-state index contributed by atoms with van der Waals surface area (Å²) in [7, 11) is 1.99. The summed E-state index contributed by atoms with van der Waals surface area (Å²) < 4.78 is 1.91. The van der Waals surface area contributed by atoms with Crippen molar-refractivity contribution in [3.05, 3.63) is 18.0 Å². The van der Waals surface area contributed by atoms with Gasteiger partial charge in [-0.3, -0.25) is 4.68 Å². The maximum Gasteiger partial charge on any atom is 0.0796 e. The van der Waals surface area contributed by atoms with Crippen LogP contribution in [0.5, 0.6) is 0 Å². The number of nitrogens with zero attached hydrogens (tertiary/aromatic N) is 2. The highest BCUT2D eigenvalue weighted by Crippen LogP contribution is 2.28. The Kier molecular flexibility index (Phi) is 7.02. The zero-order valence-electron chi connectivity index (χ0n) is 12.4. The third kappa shape index (κ3) is 4.45. The van der Waals surface area contributed by atoms with Gasteiger partial charge in [0.1, 0.15) is 0 Å². The molecule has 0 spiro atoms. The van der Waals surface area contributed by atoms with Crippen molar-refractivity contribution in [1.82, 2.24) is 15.1 Å². The molecule has 1 heterocycles. The smallest absolute Gasteiger partial charge is 0.0796 e. The van der Waals surface area contributed by atoms with Crippen molar-refractivity contribution in [2.75, 3.05) is 6.54 Å². The molecule has 1 aromatic heterocycles. The van der Waals surface area contributed by atoms with Crippen molar-refractivity contribution >= 4 is 0 Å². The lowest BCUT2D eigenvalue weighted by Crippen LogP contribution is -2.29. The van der Waals surface area contributed by atoms with Crippen LogP contribution in [0.2, 0.25) is 0 Å². The van der Waals surface area contributed by atoms with E-state index in [4.69, 9.17) is 0 Å². The van der Waals surface area contributed by atoms with Gasteiger partial charge in [-0.05, 0) is 31.4 Å². The van der Waals surface area contributed by atoms with E-state index in [1.54, 1.807) is 0 Å². The first kappa shape index (κ1) is 15.2. The molecule has 0 aliphatic carbocycles. The second-order valence-electron chi connectivity index (χ2n) is 5.16. The number of hydrogen-bond acceptors (Lipinski definition) is 2. The zero-order valence-corrected chi connectivity index (χ0v) is 12.4. The summed E-state index contributed by atoms with van der Waals surface area (Å²) in [5.41, 5.74) is 1.20. The fourth-order valence-corrected chi connectivity index (χ4v) is 2.48. The summed E-state index contributed by atoms with van der Waals surface area (Å²) in [6.07, 6.45) is 8.33. The normalized spacial score (nSPS) is 14.7. The van der Waals surface area contributed by atoms with E-state index in [0.717, 1.165) is 6.54 Å². The molecule has 0 amide bonds. The van der Waals surface area contributed by atoms with Crippen LogP contribution in [0.4, 0.5) is 0 Å². The number of unbranched alkanes of at least 4 members (excludes halogenated alkanes) is 1. The van der Waals surface area contributed by atoms with Crippen molar-refractivity contribution in [2.45, 2.75) is 58.9 Å². The van der Waals surface area contributed by atoms with E-state index < -0.39 is 0 Å². The van der Waals surface area contributed by atoms with E-state index in [2.05, 4.69) is 37.3 Å². The molecule has 0 saturated heterocycles. The lowest BCUT2D eigenvalue weighted by atomic mass is 9.89. The Balaban J connectivity index is 2.74. The van der Waals surface area contributed by atoms with Gasteiger partial charge in [-0.15, -0.1) is 0 Å². The van der Waals surface area contributed by atoms with Crippen LogP contribution in [-0.4, -0.2) is 16.3 Å². The lowest BCUT2D eigenvalue weighted by Gasteiger charge is -2.26. The fraction of sp³-hybridized carbons (Fsp3) is 0.800. The molecule has 0 aliphatic heterocycles. The van der Waals surface area contributed by atoms with Crippen LogP contribution in [0.1, 0.15) is 64.6 Å². The molecule has 3 heteroatoms. The first-order chi connectivity index (χ1) is 8.72. The molecule has 0 radical (unpaired) electrons. The zero-order chi connectivity index (χ0) is 13.4. The number of nitrogens with one attached hydrogen (secondary N) is 1. The topological polar surface area (TPSA) is 29.9 Å². The molecule has 0 aliphatic rings. The van der Waals surface area contributed by atoms with Crippen LogP contribution in [-0.2, 0) is 7.05 Å². The van der Waals surface area contributed by atoms with Gasteiger partial charge in [0.15, 0.2) is 0 Å². The predicted molar refractivity (Wildman–Crippen MR) is 77.5 cm³/mol. The molecule has 0 saturated carbocycles. The average Bonchev–Trinajstić information content (AvgIpc) is 2.80. The molecule has 104 valence electrons. The molecule has 1 rings (SSSR count). The molecular weight excluding hydrogens is 222 g/mol. The van der Waals surface area contributed by atoms with E-state index in [9.17, 15) is 0 Å². The Bertz CT molecular complexity index is 319. The monoisotopic (exact) mass is 251 g/mol. The Labute approximate surface area is 112 Å². The maximum atomic E-state index is 4.60. The second kappa shape index (κ2) is 8.30. The molecule has 0 aromatic carbocycles. The van der Waals surface area contributed by atoms with Crippen molar-refractivity contribution in [1.29, 1.82) is 0 Å². The predicted octanol–water partition coefficient (Wildman–Crippen LogP) is 3.68. The van der Waals surface area contributed by atoms with Gasteiger partial charge in [0.05, 0.1) is 11.7 Å². The summed E-state index contributed by atoms with van der Waals surface area (Å²) in [5, 5.41) is 8.28. The molecule has 2 unspecified atom stereocenters. The largest absolute Gasteiger partial charge is 0.308 e. The molecule has 0 fully saturated rings. The van der Waals surface area contributed by atoms with Crippen molar-refractivity contribution in [2.24, 2.45) is 13.0 Å². The van der Waals surface area contributed by atoms with Gasteiger partial charge < -0.3 is 5.32 Å². The Hall–Kier alpha value is -0.830. The molecule has 1 aromatic rings. The maximum absolute atomic E-state index is 4.60. The summed E-state index contributed by atoms with van der Waals surface area (Å²) in [5.74, 6) is 0.700. The Morgan fingerprint density at radius 1 is 1.28 bits per heavy atom. The van der Waals surface area contributed by atoms with Crippen molar-refractivity contribution < 1.29 is 0 Å². The number of aryl methyl sites for hydroxylation is 1. The quantitative estimate of drug-likeness (QED) is 0.725. The highest BCUT2D eigenvalue weighted by atomic mass is 15.3. The first-order valence-corrected chi connectivity index (χ1v) is 7.45. The minimum absolute atomic E-state index is 0.419. The van der Waals surface area contributed by atoms with Gasteiger partial charge in [0.2, 0.25) is 0 Å². The van der Waals surface area contributed by atoms with E-state index in [-0.39, 0.29) is 0 Å². The Morgan fingerprint density at radius 3 is 2.56 bits per heavy atom. The molecule has 0 bridgehead atoms.